The summed E-state index contributed by atoms with van der Waals surface area (Å²) in [6, 6.07) is -0.488. The fourth-order valence-electron chi connectivity index (χ4n) is 5.10. The van der Waals surface area contributed by atoms with Gasteiger partial charge in [-0.25, -0.2) is 0 Å². The van der Waals surface area contributed by atoms with E-state index in [4.69, 9.17) is 18.9 Å². The van der Waals surface area contributed by atoms with Crippen molar-refractivity contribution in [1.82, 2.24) is 19.6 Å². The first-order chi connectivity index (χ1) is 21.4. The Balaban J connectivity index is 3.42. The van der Waals surface area contributed by atoms with Gasteiger partial charge in [0.05, 0.1) is 19.6 Å². The molecule has 0 unspecified atom stereocenters. The summed E-state index contributed by atoms with van der Waals surface area (Å²) in [7, 11) is 0. The first-order valence-corrected chi connectivity index (χ1v) is 17.2. The maximum atomic E-state index is 13.5. The zero-order chi connectivity index (χ0) is 36.2. The van der Waals surface area contributed by atoms with Crippen LogP contribution in [0.2, 0.25) is 0 Å². The second-order valence-electron chi connectivity index (χ2n) is 16.5. The summed E-state index contributed by atoms with van der Waals surface area (Å²) in [5, 5.41) is 0. The number of ether oxygens (including phenoxy) is 4. The van der Waals surface area contributed by atoms with Crippen molar-refractivity contribution in [3.63, 3.8) is 0 Å². The monoisotopic (exact) mass is 670 g/mol. The summed E-state index contributed by atoms with van der Waals surface area (Å²) in [6.45, 7) is 28.2. The molecule has 0 aliphatic carbocycles. The molecular formula is C35H66N4O8. The number of esters is 4. The van der Waals surface area contributed by atoms with Gasteiger partial charge in [0.2, 0.25) is 0 Å². The van der Waals surface area contributed by atoms with Crippen LogP contribution in [0.3, 0.4) is 0 Å². The molecule has 1 rings (SSSR count). The van der Waals surface area contributed by atoms with Crippen LogP contribution in [0.15, 0.2) is 0 Å². The van der Waals surface area contributed by atoms with E-state index >= 15 is 0 Å². The van der Waals surface area contributed by atoms with Gasteiger partial charge in [-0.2, -0.15) is 0 Å². The molecule has 0 spiro atoms. The van der Waals surface area contributed by atoms with Gasteiger partial charge in [-0.1, -0.05) is 13.3 Å². The van der Waals surface area contributed by atoms with E-state index in [0.29, 0.717) is 58.8 Å². The van der Waals surface area contributed by atoms with Crippen LogP contribution in [0.5, 0.6) is 0 Å². The van der Waals surface area contributed by atoms with Gasteiger partial charge in [0.1, 0.15) is 28.4 Å². The Hall–Kier alpha value is -2.28. The number of rotatable bonds is 10. The Morgan fingerprint density at radius 1 is 0.489 bits per heavy atom. The Morgan fingerprint density at radius 2 is 0.766 bits per heavy atom. The molecule has 0 aromatic carbocycles. The fraction of sp³-hybridized carbons (Fsp3) is 0.886. The molecule has 0 N–H and O–H groups in total. The maximum Gasteiger partial charge on any atom is 0.323 e. The minimum atomic E-state index is -0.640. The topological polar surface area (TPSA) is 118 Å². The number of nitrogens with zero attached hydrogens (tertiary/aromatic N) is 4. The van der Waals surface area contributed by atoms with Crippen LogP contribution in [0.4, 0.5) is 0 Å². The van der Waals surface area contributed by atoms with Gasteiger partial charge in [-0.3, -0.25) is 38.8 Å². The highest BCUT2D eigenvalue weighted by molar-refractivity contribution is 5.76. The lowest BCUT2D eigenvalue weighted by atomic mass is 10.1. The molecule has 0 amide bonds. The number of carbonyl (C=O) groups excluding carboxylic acids is 4. The van der Waals surface area contributed by atoms with Crippen LogP contribution in [0.1, 0.15) is 103 Å². The third-order valence-electron chi connectivity index (χ3n) is 6.87. The van der Waals surface area contributed by atoms with Crippen molar-refractivity contribution in [1.29, 1.82) is 0 Å². The van der Waals surface area contributed by atoms with Crippen molar-refractivity contribution < 1.29 is 38.1 Å². The molecule has 0 aromatic heterocycles. The lowest BCUT2D eigenvalue weighted by molar-refractivity contribution is -0.163. The molecule has 1 heterocycles. The summed E-state index contributed by atoms with van der Waals surface area (Å²) in [5.41, 5.74) is -2.52. The van der Waals surface area contributed by atoms with Crippen LogP contribution in [-0.2, 0) is 38.1 Å². The molecule has 0 saturated carbocycles. The second-order valence-corrected chi connectivity index (χ2v) is 16.5. The lowest BCUT2D eigenvalue weighted by Gasteiger charge is -2.37. The van der Waals surface area contributed by atoms with E-state index in [1.807, 2.05) is 105 Å². The van der Waals surface area contributed by atoms with Gasteiger partial charge in [-0.15, -0.1) is 0 Å². The third-order valence-corrected chi connectivity index (χ3v) is 6.87. The van der Waals surface area contributed by atoms with E-state index in [1.165, 1.54) is 0 Å². The van der Waals surface area contributed by atoms with E-state index in [1.54, 1.807) is 0 Å². The molecule has 274 valence electrons. The van der Waals surface area contributed by atoms with E-state index in [-0.39, 0.29) is 43.5 Å². The zero-order valence-electron chi connectivity index (χ0n) is 31.8. The summed E-state index contributed by atoms with van der Waals surface area (Å²) in [5.74, 6) is -1.30. The molecular weight excluding hydrogens is 604 g/mol. The Labute approximate surface area is 284 Å². The van der Waals surface area contributed by atoms with Crippen LogP contribution >= 0.6 is 0 Å². The average molecular weight is 671 g/mol. The minimum Gasteiger partial charge on any atom is -0.459 e. The van der Waals surface area contributed by atoms with Crippen LogP contribution in [0, 0.1) is 0 Å². The number of hydrogen-bond donors (Lipinski definition) is 0. The molecule has 12 nitrogen and oxygen atoms in total. The SMILES string of the molecule is CCC[C@H](C(=O)OC(C)(C)C)N1CCN(CC(=O)OC(C)(C)C)CCN(CC(=O)OC(C)(C)C)CCN(CC(=O)OC(C)(C)C)CC1. The largest absolute Gasteiger partial charge is 0.459 e. The number of hydrogen-bond acceptors (Lipinski definition) is 12. The Bertz CT molecular complexity index is 961. The van der Waals surface area contributed by atoms with Gasteiger partial charge in [0.25, 0.3) is 0 Å². The predicted octanol–water partition coefficient (Wildman–Crippen LogP) is 3.74. The molecule has 1 atom stereocenters. The third kappa shape index (κ3) is 20.6. The molecule has 0 radical (unpaired) electrons. The average Bonchev–Trinajstić information content (AvgIpc) is 2.83. The van der Waals surface area contributed by atoms with E-state index < -0.39 is 28.4 Å². The highest BCUT2D eigenvalue weighted by Gasteiger charge is 2.32. The van der Waals surface area contributed by atoms with E-state index in [9.17, 15) is 19.2 Å². The summed E-state index contributed by atoms with van der Waals surface area (Å²) < 4.78 is 22.8. The first-order valence-electron chi connectivity index (χ1n) is 17.2. The second kappa shape index (κ2) is 18.5. The number of carbonyl (C=O) groups is 4. The maximum absolute atomic E-state index is 13.5. The van der Waals surface area contributed by atoms with Gasteiger partial charge in [-0.05, 0) is 89.5 Å². The molecule has 47 heavy (non-hydrogen) atoms. The van der Waals surface area contributed by atoms with Crippen molar-refractivity contribution in [3.05, 3.63) is 0 Å². The summed E-state index contributed by atoms with van der Waals surface area (Å²) in [4.78, 5) is 60.4. The van der Waals surface area contributed by atoms with Crippen molar-refractivity contribution in [2.45, 2.75) is 131 Å². The van der Waals surface area contributed by atoms with Gasteiger partial charge < -0.3 is 18.9 Å². The van der Waals surface area contributed by atoms with Crippen LogP contribution in [0.25, 0.3) is 0 Å². The molecule has 12 heteroatoms. The highest BCUT2D eigenvalue weighted by atomic mass is 16.6. The van der Waals surface area contributed by atoms with Crippen LogP contribution < -0.4 is 0 Å². The Morgan fingerprint density at radius 3 is 1.02 bits per heavy atom. The van der Waals surface area contributed by atoms with Gasteiger partial charge in [0, 0.05) is 52.4 Å². The highest BCUT2D eigenvalue weighted by Crippen LogP contribution is 2.17. The van der Waals surface area contributed by atoms with Gasteiger partial charge in [0.15, 0.2) is 0 Å². The van der Waals surface area contributed by atoms with Crippen molar-refractivity contribution >= 4 is 23.9 Å². The van der Waals surface area contributed by atoms with E-state index in [2.05, 4.69) is 4.90 Å². The lowest BCUT2D eigenvalue weighted by Crippen LogP contribution is -2.53. The minimum absolute atomic E-state index is 0.0705. The zero-order valence-corrected chi connectivity index (χ0v) is 31.8. The molecule has 1 saturated heterocycles. The molecule has 0 aromatic rings. The molecule has 0 bridgehead atoms. The van der Waals surface area contributed by atoms with Crippen molar-refractivity contribution in [2.24, 2.45) is 0 Å². The van der Waals surface area contributed by atoms with Crippen molar-refractivity contribution in [2.75, 3.05) is 72.0 Å². The van der Waals surface area contributed by atoms with Crippen molar-refractivity contribution in [3.8, 4) is 0 Å². The Kier molecular flexibility index (Phi) is 16.8. The smallest absolute Gasteiger partial charge is 0.323 e. The first kappa shape index (κ1) is 42.7. The standard InChI is InChI=1S/C35H66N4O8/c1-14-15-27(31(43)47-35(11,12)13)39-22-20-37(25-29(41)45-33(5,6)7)18-16-36(24-28(40)44-32(2,3)4)17-19-38(21-23-39)26-30(42)46-34(8,9)10/h27H,14-26H2,1-13H3/t27-/m1/s1. The quantitative estimate of drug-likeness (QED) is 0.249. The van der Waals surface area contributed by atoms with Gasteiger partial charge >= 0.3 is 23.9 Å². The van der Waals surface area contributed by atoms with E-state index in [0.717, 1.165) is 6.42 Å². The van der Waals surface area contributed by atoms with Crippen LogP contribution in [-0.4, -0.2) is 144 Å². The molecule has 1 fully saturated rings. The molecule has 1 aliphatic rings. The normalized spacial score (nSPS) is 18.4. The predicted molar refractivity (Wildman–Crippen MR) is 183 cm³/mol. The summed E-state index contributed by atoms with van der Waals surface area (Å²) >= 11 is 0. The summed E-state index contributed by atoms with van der Waals surface area (Å²) in [6.07, 6.45) is 1.39. The molecule has 1 aliphatic heterocycles. The fourth-order valence-corrected chi connectivity index (χ4v) is 5.10.